The van der Waals surface area contributed by atoms with Crippen LogP contribution in [0.1, 0.15) is 0 Å². The van der Waals surface area contributed by atoms with E-state index in [1.54, 1.807) is 0 Å². The molecule has 0 rings (SSSR count). The third kappa shape index (κ3) is 593. The molecule has 46 valence electrons. The van der Waals surface area contributed by atoms with Crippen molar-refractivity contribution < 1.29 is 17.5 Å². The molecular weight excluding hydrogens is 180 g/mol. The molecule has 5 nitrogen and oxygen atoms in total. The molecule has 0 spiro atoms. The van der Waals surface area contributed by atoms with Gasteiger partial charge in [0.15, 0.2) is 0 Å². The van der Waals surface area contributed by atoms with E-state index in [1.165, 1.54) is 0 Å². The van der Waals surface area contributed by atoms with Crippen LogP contribution in [0.15, 0.2) is 0 Å². The van der Waals surface area contributed by atoms with Gasteiger partial charge in [-0.1, -0.05) is 0 Å². The van der Waals surface area contributed by atoms with E-state index in [0.717, 1.165) is 0 Å². The molecule has 5 N–H and O–H groups in total. The Morgan fingerprint density at radius 3 is 1.14 bits per heavy atom. The first kappa shape index (κ1) is 15.7. The van der Waals surface area contributed by atoms with Crippen LogP contribution in [-0.4, -0.2) is 37.3 Å². The molecule has 0 atom stereocenters. The topological polar surface area (TPSA) is 110 Å². The molecule has 0 aliphatic rings. The summed E-state index contributed by atoms with van der Waals surface area (Å²) in [6, 6.07) is 0. The van der Waals surface area contributed by atoms with Crippen LogP contribution in [0.25, 0.3) is 0 Å². The average Bonchev–Trinajstić information content (AvgIpc) is 0.722. The maximum atomic E-state index is 8.74. The van der Waals surface area contributed by atoms with Crippen LogP contribution < -0.4 is 6.15 Å². The van der Waals surface area contributed by atoms with Crippen LogP contribution in [0.3, 0.4) is 0 Å². The standard InChI is InChI=1S/Ga.H3N.H2O4S.3H/c;;1-5(2,3)4;;;/h;1H3;(H2,1,2,3,4);;;. The summed E-state index contributed by atoms with van der Waals surface area (Å²) in [4.78, 5) is 0. The van der Waals surface area contributed by atoms with Crippen molar-refractivity contribution in [3.05, 3.63) is 0 Å². The van der Waals surface area contributed by atoms with Gasteiger partial charge in [0.05, 0.1) is 0 Å². The summed E-state index contributed by atoms with van der Waals surface area (Å²) in [5.74, 6) is 0. The first-order chi connectivity index (χ1) is 2.00. The van der Waals surface area contributed by atoms with Gasteiger partial charge in [-0.05, 0) is 0 Å². The Balaban J connectivity index is -0.0000000800. The van der Waals surface area contributed by atoms with E-state index in [9.17, 15) is 0 Å². The third-order valence-corrected chi connectivity index (χ3v) is 0. The van der Waals surface area contributed by atoms with E-state index in [1.807, 2.05) is 0 Å². The van der Waals surface area contributed by atoms with Crippen LogP contribution in [0.5, 0.6) is 0 Å². The van der Waals surface area contributed by atoms with Gasteiger partial charge >= 0.3 is 30.2 Å². The van der Waals surface area contributed by atoms with Crippen molar-refractivity contribution in [1.82, 2.24) is 6.15 Å². The van der Waals surface area contributed by atoms with Crippen molar-refractivity contribution in [1.29, 1.82) is 0 Å². The molecule has 0 aliphatic carbocycles. The molecule has 0 aromatic carbocycles. The summed E-state index contributed by atoms with van der Waals surface area (Å²) in [6.45, 7) is 0. The Labute approximate surface area is 54.3 Å². The van der Waals surface area contributed by atoms with Gasteiger partial charge in [-0.2, -0.15) is 8.42 Å². The number of hydrogen-bond donors (Lipinski definition) is 3. The van der Waals surface area contributed by atoms with Gasteiger partial charge in [0.1, 0.15) is 0 Å². The molecule has 0 amide bonds. The molecule has 0 unspecified atom stereocenters. The average molecular weight is 188 g/mol. The van der Waals surface area contributed by atoms with Gasteiger partial charge in [0, 0.05) is 0 Å². The van der Waals surface area contributed by atoms with E-state index in [0.29, 0.717) is 0 Å². The summed E-state index contributed by atoms with van der Waals surface area (Å²) in [7, 11) is -4.67. The molecule has 7 heavy (non-hydrogen) atoms. The van der Waals surface area contributed by atoms with Crippen LogP contribution in [-0.2, 0) is 10.4 Å². The molecule has 0 bridgehead atoms. The second-order valence-corrected chi connectivity index (χ2v) is 1.34. The zero-order valence-corrected chi connectivity index (χ0v) is 3.64. The van der Waals surface area contributed by atoms with Crippen molar-refractivity contribution in [2.45, 2.75) is 0 Å². The normalized spacial score (nSPS) is 8.29. The first-order valence-electron chi connectivity index (χ1n) is 0.698. The summed E-state index contributed by atoms with van der Waals surface area (Å²) in [6.07, 6.45) is 0. The fraction of sp³-hybridized carbons (Fsp3) is 0. The second kappa shape index (κ2) is 4.62. The number of rotatable bonds is 0. The van der Waals surface area contributed by atoms with Gasteiger partial charge in [0.2, 0.25) is 0 Å². The van der Waals surface area contributed by atoms with E-state index in [4.69, 9.17) is 17.5 Å². The van der Waals surface area contributed by atoms with Gasteiger partial charge in [-0.25, -0.2) is 0 Å². The van der Waals surface area contributed by atoms with E-state index in [2.05, 4.69) is 0 Å². The minimum atomic E-state index is -4.67. The molecule has 0 saturated carbocycles. The Morgan fingerprint density at radius 1 is 1.14 bits per heavy atom. The van der Waals surface area contributed by atoms with Gasteiger partial charge < -0.3 is 6.15 Å². The Kier molecular flexibility index (Phi) is 10.3. The molecule has 0 radical (unpaired) electrons. The van der Waals surface area contributed by atoms with E-state index >= 15 is 0 Å². The Bertz CT molecular complexity index is 94.9. The van der Waals surface area contributed by atoms with Crippen molar-refractivity contribution in [3.63, 3.8) is 0 Å². The van der Waals surface area contributed by atoms with E-state index < -0.39 is 10.4 Å². The molecule has 0 aliphatic heterocycles. The van der Waals surface area contributed by atoms with E-state index in [-0.39, 0.29) is 25.9 Å². The molecule has 0 aromatic heterocycles. The molecule has 0 heterocycles. The summed E-state index contributed by atoms with van der Waals surface area (Å²) >= 11 is 0. The minimum absolute atomic E-state index is 0. The summed E-state index contributed by atoms with van der Waals surface area (Å²) in [5, 5.41) is 0. The monoisotopic (exact) mass is 187 g/mol. The summed E-state index contributed by atoms with van der Waals surface area (Å²) < 4.78 is 31.6. The molecular formula is H8GaNO4S. The van der Waals surface area contributed by atoms with Crippen molar-refractivity contribution in [2.75, 3.05) is 0 Å². The molecule has 0 fully saturated rings. The van der Waals surface area contributed by atoms with Crippen molar-refractivity contribution >= 4 is 30.2 Å². The predicted molar refractivity (Wildman–Crippen MR) is 29.1 cm³/mol. The van der Waals surface area contributed by atoms with Crippen molar-refractivity contribution in [3.8, 4) is 0 Å². The summed E-state index contributed by atoms with van der Waals surface area (Å²) in [5.41, 5.74) is 0. The third-order valence-electron chi connectivity index (χ3n) is 0. The maximum absolute atomic E-state index is 8.74. The Hall–Kier alpha value is 0.466. The van der Waals surface area contributed by atoms with Crippen LogP contribution >= 0.6 is 0 Å². The predicted octanol–water partition coefficient (Wildman–Crippen LogP) is -1.67. The zero-order valence-electron chi connectivity index (χ0n) is 2.83. The molecule has 0 saturated heterocycles. The zero-order chi connectivity index (χ0) is 4.50. The Morgan fingerprint density at radius 2 is 1.14 bits per heavy atom. The van der Waals surface area contributed by atoms with Crippen LogP contribution in [0.2, 0.25) is 0 Å². The first-order valence-corrected chi connectivity index (χ1v) is 2.10. The van der Waals surface area contributed by atoms with Crippen LogP contribution in [0, 0.1) is 0 Å². The fourth-order valence-corrected chi connectivity index (χ4v) is 0. The fourth-order valence-electron chi connectivity index (χ4n) is 0. The van der Waals surface area contributed by atoms with Gasteiger partial charge in [-0.15, -0.1) is 0 Å². The second-order valence-electron chi connectivity index (χ2n) is 0.448. The number of hydrogen-bond acceptors (Lipinski definition) is 3. The van der Waals surface area contributed by atoms with Gasteiger partial charge in [0.25, 0.3) is 0 Å². The quantitative estimate of drug-likeness (QED) is 0.310. The molecule has 7 heteroatoms. The SMILES string of the molecule is N.O=S(=O)(O)O.[GaH3]. The van der Waals surface area contributed by atoms with Crippen molar-refractivity contribution in [2.24, 2.45) is 0 Å². The van der Waals surface area contributed by atoms with Crippen LogP contribution in [0.4, 0.5) is 0 Å². The van der Waals surface area contributed by atoms with Gasteiger partial charge in [-0.3, -0.25) is 9.11 Å². The molecule has 0 aromatic rings.